The fourth-order valence-electron chi connectivity index (χ4n) is 1.65. The minimum atomic E-state index is -1.05. The van der Waals surface area contributed by atoms with Crippen molar-refractivity contribution in [3.63, 3.8) is 0 Å². The summed E-state index contributed by atoms with van der Waals surface area (Å²) < 4.78 is 15.1. The SMILES string of the molecule is CCCN(C)C.COc1cc(C(=O)O)cc(OC)c1OC.Cl. The van der Waals surface area contributed by atoms with Crippen LogP contribution in [0.3, 0.4) is 0 Å². The number of hydrogen-bond donors (Lipinski definition) is 1. The number of ether oxygens (including phenoxy) is 3. The van der Waals surface area contributed by atoms with Gasteiger partial charge in [0.2, 0.25) is 5.75 Å². The number of aromatic carboxylic acids is 1. The lowest BCUT2D eigenvalue weighted by molar-refractivity contribution is 0.0696. The zero-order valence-corrected chi connectivity index (χ0v) is 14.8. The van der Waals surface area contributed by atoms with E-state index in [4.69, 9.17) is 19.3 Å². The lowest BCUT2D eigenvalue weighted by Gasteiger charge is -2.12. The molecule has 0 amide bonds. The van der Waals surface area contributed by atoms with E-state index in [1.54, 1.807) is 0 Å². The van der Waals surface area contributed by atoms with Gasteiger partial charge < -0.3 is 24.2 Å². The van der Waals surface area contributed by atoms with Gasteiger partial charge >= 0.3 is 5.97 Å². The zero-order valence-electron chi connectivity index (χ0n) is 14.0. The van der Waals surface area contributed by atoms with Crippen molar-refractivity contribution in [1.29, 1.82) is 0 Å². The molecule has 0 unspecified atom stereocenters. The molecule has 22 heavy (non-hydrogen) atoms. The maximum Gasteiger partial charge on any atom is 0.335 e. The number of rotatable bonds is 6. The van der Waals surface area contributed by atoms with Crippen LogP contribution >= 0.6 is 12.4 Å². The molecule has 0 atom stereocenters. The zero-order chi connectivity index (χ0) is 16.4. The third kappa shape index (κ3) is 7.38. The van der Waals surface area contributed by atoms with Crippen LogP contribution in [0.1, 0.15) is 23.7 Å². The van der Waals surface area contributed by atoms with Gasteiger partial charge in [-0.3, -0.25) is 0 Å². The summed E-state index contributed by atoms with van der Waals surface area (Å²) in [6, 6.07) is 2.76. The fraction of sp³-hybridized carbons (Fsp3) is 0.533. The average Bonchev–Trinajstić information content (AvgIpc) is 2.45. The lowest BCUT2D eigenvalue weighted by atomic mass is 10.2. The monoisotopic (exact) mass is 335 g/mol. The van der Waals surface area contributed by atoms with Gasteiger partial charge in [0.05, 0.1) is 26.9 Å². The molecule has 1 aromatic carbocycles. The van der Waals surface area contributed by atoms with Crippen LogP contribution in [0.15, 0.2) is 12.1 Å². The van der Waals surface area contributed by atoms with Gasteiger partial charge in [0.15, 0.2) is 11.5 Å². The molecule has 0 radical (unpaired) electrons. The summed E-state index contributed by atoms with van der Waals surface area (Å²) in [5, 5.41) is 8.84. The third-order valence-corrected chi connectivity index (χ3v) is 2.58. The van der Waals surface area contributed by atoms with Crippen LogP contribution in [0.25, 0.3) is 0 Å². The second-order valence-corrected chi connectivity index (χ2v) is 4.52. The molecule has 0 saturated heterocycles. The highest BCUT2D eigenvalue weighted by Gasteiger charge is 2.15. The first-order valence-electron chi connectivity index (χ1n) is 6.59. The maximum absolute atomic E-state index is 10.8. The Morgan fingerprint density at radius 3 is 1.73 bits per heavy atom. The van der Waals surface area contributed by atoms with Crippen molar-refractivity contribution in [1.82, 2.24) is 4.90 Å². The molecule has 1 rings (SSSR count). The molecule has 0 fully saturated rings. The Bertz CT molecular complexity index is 427. The van der Waals surface area contributed by atoms with Crippen molar-refractivity contribution in [2.45, 2.75) is 13.3 Å². The number of carboxylic acid groups (broad SMARTS) is 1. The van der Waals surface area contributed by atoms with E-state index in [2.05, 4.69) is 25.9 Å². The first-order valence-corrected chi connectivity index (χ1v) is 6.59. The highest BCUT2D eigenvalue weighted by molar-refractivity contribution is 5.89. The van der Waals surface area contributed by atoms with E-state index >= 15 is 0 Å². The average molecular weight is 336 g/mol. The van der Waals surface area contributed by atoms with E-state index in [9.17, 15) is 4.79 Å². The van der Waals surface area contributed by atoms with Crippen LogP contribution in [0.4, 0.5) is 0 Å². The topological polar surface area (TPSA) is 68.2 Å². The van der Waals surface area contributed by atoms with E-state index in [0.717, 1.165) is 0 Å². The first-order chi connectivity index (χ1) is 9.90. The van der Waals surface area contributed by atoms with Gasteiger partial charge in [-0.25, -0.2) is 4.79 Å². The third-order valence-electron chi connectivity index (χ3n) is 2.58. The molecular formula is C15H26ClNO5. The number of benzene rings is 1. The van der Waals surface area contributed by atoms with Crippen molar-refractivity contribution in [3.8, 4) is 17.2 Å². The molecule has 0 aromatic heterocycles. The Kier molecular flexibility index (Phi) is 12.3. The minimum absolute atomic E-state index is 0. The second-order valence-electron chi connectivity index (χ2n) is 4.52. The maximum atomic E-state index is 10.8. The summed E-state index contributed by atoms with van der Waals surface area (Å²) >= 11 is 0. The molecular weight excluding hydrogens is 310 g/mol. The number of carbonyl (C=O) groups is 1. The summed E-state index contributed by atoms with van der Waals surface area (Å²) in [5.74, 6) is -0.0113. The summed E-state index contributed by atoms with van der Waals surface area (Å²) in [6.07, 6.45) is 1.26. The van der Waals surface area contributed by atoms with Crippen LogP contribution in [0.2, 0.25) is 0 Å². The van der Waals surface area contributed by atoms with Crippen LogP contribution in [0.5, 0.6) is 17.2 Å². The van der Waals surface area contributed by atoms with Gasteiger partial charge in [-0.05, 0) is 39.2 Å². The van der Waals surface area contributed by atoms with Gasteiger partial charge in [-0.15, -0.1) is 12.4 Å². The minimum Gasteiger partial charge on any atom is -0.493 e. The predicted octanol–water partition coefficient (Wildman–Crippen LogP) is 2.79. The van der Waals surface area contributed by atoms with Crippen LogP contribution < -0.4 is 14.2 Å². The van der Waals surface area contributed by atoms with E-state index in [0.29, 0.717) is 17.2 Å². The Hall–Kier alpha value is -1.66. The van der Waals surface area contributed by atoms with Gasteiger partial charge in [-0.2, -0.15) is 0 Å². The Balaban J connectivity index is 0. The molecule has 0 saturated carbocycles. The van der Waals surface area contributed by atoms with Crippen molar-refractivity contribution in [2.75, 3.05) is 42.0 Å². The van der Waals surface area contributed by atoms with E-state index in [-0.39, 0.29) is 18.0 Å². The van der Waals surface area contributed by atoms with E-state index in [1.165, 1.54) is 46.4 Å². The molecule has 0 aliphatic carbocycles. The van der Waals surface area contributed by atoms with Gasteiger partial charge in [-0.1, -0.05) is 6.92 Å². The standard InChI is InChI=1S/C10H12O5.C5H13N.ClH/c1-13-7-4-6(10(11)12)5-8(14-2)9(7)15-3;1-4-5-6(2)3;/h4-5H,1-3H3,(H,11,12);4-5H2,1-3H3;1H. The number of methoxy groups -OCH3 is 3. The van der Waals surface area contributed by atoms with E-state index in [1.807, 2.05) is 0 Å². The smallest absolute Gasteiger partial charge is 0.335 e. The van der Waals surface area contributed by atoms with Gasteiger partial charge in [0, 0.05) is 0 Å². The highest BCUT2D eigenvalue weighted by Crippen LogP contribution is 2.38. The summed E-state index contributed by atoms with van der Waals surface area (Å²) in [4.78, 5) is 13.0. The normalized spacial score (nSPS) is 9.23. The van der Waals surface area contributed by atoms with Crippen molar-refractivity contribution < 1.29 is 24.1 Å². The number of halogens is 1. The molecule has 128 valence electrons. The van der Waals surface area contributed by atoms with Crippen molar-refractivity contribution in [2.24, 2.45) is 0 Å². The first kappa shape index (κ1) is 22.6. The number of carboxylic acids is 1. The lowest BCUT2D eigenvalue weighted by Crippen LogP contribution is -2.11. The predicted molar refractivity (Wildman–Crippen MR) is 89.2 cm³/mol. The Morgan fingerprint density at radius 2 is 1.55 bits per heavy atom. The molecule has 0 aliphatic heterocycles. The van der Waals surface area contributed by atoms with Gasteiger partial charge in [0.25, 0.3) is 0 Å². The fourth-order valence-corrected chi connectivity index (χ4v) is 1.65. The molecule has 0 aliphatic rings. The Morgan fingerprint density at radius 1 is 1.09 bits per heavy atom. The molecule has 7 heteroatoms. The molecule has 1 N–H and O–H groups in total. The highest BCUT2D eigenvalue weighted by atomic mass is 35.5. The second kappa shape index (κ2) is 11.9. The van der Waals surface area contributed by atoms with Crippen molar-refractivity contribution in [3.05, 3.63) is 17.7 Å². The summed E-state index contributed by atoms with van der Waals surface area (Å²) in [6.45, 7) is 3.39. The van der Waals surface area contributed by atoms with Crippen molar-refractivity contribution >= 4 is 18.4 Å². The Labute approximate surface area is 138 Å². The molecule has 1 aromatic rings. The molecule has 0 bridgehead atoms. The molecule has 0 heterocycles. The van der Waals surface area contributed by atoms with Gasteiger partial charge in [0.1, 0.15) is 0 Å². The quantitative estimate of drug-likeness (QED) is 0.862. The summed E-state index contributed by atoms with van der Waals surface area (Å²) in [7, 11) is 8.50. The summed E-state index contributed by atoms with van der Waals surface area (Å²) in [5.41, 5.74) is 0.0875. The number of hydrogen-bond acceptors (Lipinski definition) is 5. The largest absolute Gasteiger partial charge is 0.493 e. The van der Waals surface area contributed by atoms with E-state index < -0.39 is 5.97 Å². The van der Waals surface area contributed by atoms with Crippen LogP contribution in [-0.2, 0) is 0 Å². The van der Waals surface area contributed by atoms with Crippen LogP contribution in [0, 0.1) is 0 Å². The number of nitrogens with zero attached hydrogens (tertiary/aromatic N) is 1. The molecule has 6 nitrogen and oxygen atoms in total. The van der Waals surface area contributed by atoms with Crippen LogP contribution in [-0.4, -0.2) is 57.9 Å². The molecule has 0 spiro atoms.